The van der Waals surface area contributed by atoms with Gasteiger partial charge in [0.05, 0.1) is 24.5 Å². The van der Waals surface area contributed by atoms with Gasteiger partial charge in [-0.25, -0.2) is 18.7 Å². The number of hydrogen-bond donors (Lipinski definition) is 3. The van der Waals surface area contributed by atoms with Crippen molar-refractivity contribution in [3.05, 3.63) is 75.9 Å². The van der Waals surface area contributed by atoms with Crippen LogP contribution < -0.4 is 15.4 Å². The number of aryl methyl sites for hydroxylation is 1. The third kappa shape index (κ3) is 9.72. The van der Waals surface area contributed by atoms with E-state index in [9.17, 15) is 13.9 Å². The maximum absolute atomic E-state index is 14.8. The zero-order valence-corrected chi connectivity index (χ0v) is 29.2. The number of ether oxygens (including phenoxy) is 1. The molecular formula is C37H45ClF2N4O4. The lowest BCUT2D eigenvalue weighted by Gasteiger charge is -2.15. The lowest BCUT2D eigenvalue weighted by atomic mass is 10.0. The Morgan fingerprint density at radius 3 is 2.40 bits per heavy atom. The average Bonchev–Trinajstić information content (AvgIpc) is 3.66. The summed E-state index contributed by atoms with van der Waals surface area (Å²) < 4.78 is 34.7. The first-order chi connectivity index (χ1) is 23.0. The molecule has 0 bridgehead atoms. The Hall–Kier alpha value is -4.11. The van der Waals surface area contributed by atoms with E-state index < -0.39 is 11.6 Å². The zero-order chi connectivity index (χ0) is 35.4. The first kappa shape index (κ1) is 38.3. The van der Waals surface area contributed by atoms with Crippen LogP contribution in [0.3, 0.4) is 0 Å². The number of carbonyl (C=O) groups excluding carboxylic acids is 2. The van der Waals surface area contributed by atoms with E-state index in [0.29, 0.717) is 40.1 Å². The highest BCUT2D eigenvalue weighted by Crippen LogP contribution is 2.37. The average molecular weight is 683 g/mol. The molecule has 1 fully saturated rings. The minimum Gasteiger partial charge on any atom is -0.494 e. The first-order valence-electron chi connectivity index (χ1n) is 16.2. The van der Waals surface area contributed by atoms with Gasteiger partial charge in [0.15, 0.2) is 5.82 Å². The molecule has 2 aliphatic carbocycles. The minimum atomic E-state index is -0.650. The SMILES string of the molecule is CCCC.CNc1ccc(F)c(-c2cc(OC)c3nc(NC4CC[C@@H](C)C4)ncc3c2)c1F.Cc1cc(Cl)cc2c1CCC2O.O=C=O. The number of halogens is 3. The van der Waals surface area contributed by atoms with Crippen molar-refractivity contribution in [2.24, 2.45) is 5.92 Å². The summed E-state index contributed by atoms with van der Waals surface area (Å²) in [5, 5.41) is 17.1. The summed E-state index contributed by atoms with van der Waals surface area (Å²) in [6.45, 7) is 8.65. The second-order valence-electron chi connectivity index (χ2n) is 12.0. The van der Waals surface area contributed by atoms with E-state index in [0.717, 1.165) is 36.3 Å². The standard InChI is InChI=1S/C22H24F2N4O.C10H11ClO.C4H10.CO2/c1-12-4-5-15(8-12)27-22-26-11-14-9-13(10-18(29-3)21(14)28-22)19-16(23)6-7-17(25-2)20(19)24;1-6-4-7(11)5-9-8(6)2-3-10(9)12;1-3-4-2;2-1-3/h6-7,9-12,15,25H,4-5,8H2,1-3H3,(H,26,27,28);4-5,10,12H,2-3H2,1H3;3-4H2,1-2H3;/t12-,15?;;;/m1.../s1. The van der Waals surface area contributed by atoms with Crippen molar-refractivity contribution in [2.45, 2.75) is 84.8 Å². The highest BCUT2D eigenvalue weighted by molar-refractivity contribution is 6.30. The highest BCUT2D eigenvalue weighted by Gasteiger charge is 2.23. The molecule has 258 valence electrons. The molecule has 0 amide bonds. The molecule has 0 aliphatic heterocycles. The van der Waals surface area contributed by atoms with Crippen molar-refractivity contribution in [1.82, 2.24) is 9.97 Å². The monoisotopic (exact) mass is 682 g/mol. The molecule has 0 saturated heterocycles. The smallest absolute Gasteiger partial charge is 0.373 e. The molecule has 3 aromatic carbocycles. The number of aliphatic hydroxyl groups excluding tert-OH is 1. The van der Waals surface area contributed by atoms with Crippen molar-refractivity contribution in [1.29, 1.82) is 0 Å². The van der Waals surface area contributed by atoms with E-state index in [-0.39, 0.29) is 23.5 Å². The summed E-state index contributed by atoms with van der Waals surface area (Å²) in [5.74, 6) is 0.387. The first-order valence-corrected chi connectivity index (χ1v) is 16.6. The van der Waals surface area contributed by atoms with Crippen LogP contribution in [0, 0.1) is 24.5 Å². The highest BCUT2D eigenvalue weighted by atomic mass is 35.5. The van der Waals surface area contributed by atoms with Crippen LogP contribution in [-0.4, -0.2) is 41.4 Å². The summed E-state index contributed by atoms with van der Waals surface area (Å²) >= 11 is 5.88. The molecule has 1 heterocycles. The fourth-order valence-corrected chi connectivity index (χ4v) is 6.17. The Labute approximate surface area is 286 Å². The van der Waals surface area contributed by atoms with Gasteiger partial charge in [0.2, 0.25) is 5.95 Å². The molecule has 48 heavy (non-hydrogen) atoms. The molecule has 3 N–H and O–H groups in total. The van der Waals surface area contributed by atoms with Gasteiger partial charge < -0.3 is 20.5 Å². The summed E-state index contributed by atoms with van der Waals surface area (Å²) in [5.41, 5.74) is 4.60. The number of nitrogens with one attached hydrogen (secondary N) is 2. The largest absolute Gasteiger partial charge is 0.494 e. The normalized spacial score (nSPS) is 17.4. The maximum Gasteiger partial charge on any atom is 0.373 e. The molecule has 3 atom stereocenters. The zero-order valence-electron chi connectivity index (χ0n) is 28.4. The van der Waals surface area contributed by atoms with Crippen LogP contribution in [0.15, 0.2) is 42.6 Å². The van der Waals surface area contributed by atoms with Crippen molar-refractivity contribution >= 4 is 40.3 Å². The Morgan fingerprint density at radius 1 is 1.08 bits per heavy atom. The predicted molar refractivity (Wildman–Crippen MR) is 186 cm³/mol. The van der Waals surface area contributed by atoms with E-state index in [2.05, 4.69) is 41.4 Å². The Balaban J connectivity index is 0.000000270. The fraction of sp³-hybridized carbons (Fsp3) is 0.432. The summed E-state index contributed by atoms with van der Waals surface area (Å²) in [6.07, 6.45) is 9.47. The predicted octanol–water partition coefficient (Wildman–Crippen LogP) is 9.08. The molecule has 4 aromatic rings. The Morgan fingerprint density at radius 2 is 1.79 bits per heavy atom. The van der Waals surface area contributed by atoms with Gasteiger partial charge in [-0.1, -0.05) is 45.2 Å². The van der Waals surface area contributed by atoms with Crippen molar-refractivity contribution in [3.8, 4) is 16.9 Å². The van der Waals surface area contributed by atoms with Crippen LogP contribution in [0.5, 0.6) is 5.75 Å². The quantitative estimate of drug-likeness (QED) is 0.185. The van der Waals surface area contributed by atoms with Gasteiger partial charge in [0, 0.05) is 29.7 Å². The topological polar surface area (TPSA) is 113 Å². The van der Waals surface area contributed by atoms with Gasteiger partial charge in [0.1, 0.15) is 17.1 Å². The van der Waals surface area contributed by atoms with Gasteiger partial charge in [0.25, 0.3) is 0 Å². The number of anilines is 2. The summed E-state index contributed by atoms with van der Waals surface area (Å²) in [7, 11) is 3.11. The lowest BCUT2D eigenvalue weighted by Crippen LogP contribution is -2.17. The molecule has 0 spiro atoms. The van der Waals surface area contributed by atoms with Crippen LogP contribution >= 0.6 is 11.6 Å². The molecule has 1 aromatic heterocycles. The van der Waals surface area contributed by atoms with Crippen LogP contribution in [0.1, 0.15) is 82.1 Å². The van der Waals surface area contributed by atoms with Gasteiger partial charge in [-0.05, 0) is 104 Å². The van der Waals surface area contributed by atoms with E-state index in [1.807, 2.05) is 19.1 Å². The molecule has 2 aliphatic rings. The number of nitrogens with zero attached hydrogens (tertiary/aromatic N) is 2. The van der Waals surface area contributed by atoms with Crippen LogP contribution in [0.4, 0.5) is 20.4 Å². The van der Waals surface area contributed by atoms with E-state index >= 15 is 0 Å². The van der Waals surface area contributed by atoms with Gasteiger partial charge in [-0.2, -0.15) is 9.59 Å². The summed E-state index contributed by atoms with van der Waals surface area (Å²) in [4.78, 5) is 25.3. The Kier molecular flexibility index (Phi) is 14.7. The molecule has 8 nitrogen and oxygen atoms in total. The minimum absolute atomic E-state index is 0.112. The van der Waals surface area contributed by atoms with Crippen LogP contribution in [-0.2, 0) is 16.0 Å². The number of rotatable bonds is 6. The number of aliphatic hydroxyl groups is 1. The summed E-state index contributed by atoms with van der Waals surface area (Å²) in [6, 6.07) is 10.1. The molecular weight excluding hydrogens is 638 g/mol. The molecule has 2 unspecified atom stereocenters. The van der Waals surface area contributed by atoms with Gasteiger partial charge in [-0.15, -0.1) is 0 Å². The van der Waals surface area contributed by atoms with Crippen LogP contribution in [0.25, 0.3) is 22.0 Å². The molecule has 11 heteroatoms. The van der Waals surface area contributed by atoms with Crippen molar-refractivity contribution < 1.29 is 28.2 Å². The lowest BCUT2D eigenvalue weighted by molar-refractivity contribution is -0.191. The number of hydrogen-bond acceptors (Lipinski definition) is 8. The van der Waals surface area contributed by atoms with E-state index in [4.69, 9.17) is 25.9 Å². The number of methoxy groups -OCH3 is 1. The third-order valence-electron chi connectivity index (χ3n) is 8.54. The van der Waals surface area contributed by atoms with E-state index in [1.165, 1.54) is 49.6 Å². The Bertz CT molecular complexity index is 1710. The molecule has 1 saturated carbocycles. The fourth-order valence-electron chi connectivity index (χ4n) is 5.89. The van der Waals surface area contributed by atoms with Crippen molar-refractivity contribution in [2.75, 3.05) is 24.8 Å². The van der Waals surface area contributed by atoms with Crippen LogP contribution in [0.2, 0.25) is 5.02 Å². The molecule has 0 radical (unpaired) electrons. The van der Waals surface area contributed by atoms with Crippen molar-refractivity contribution in [3.63, 3.8) is 0 Å². The van der Waals surface area contributed by atoms with Gasteiger partial charge >= 0.3 is 6.15 Å². The third-order valence-corrected chi connectivity index (χ3v) is 8.76. The second kappa shape index (κ2) is 18.4. The molecule has 6 rings (SSSR count). The van der Waals surface area contributed by atoms with Gasteiger partial charge in [-0.3, -0.25) is 0 Å². The number of benzene rings is 3. The number of fused-ring (bicyclic) bond motifs is 2. The second-order valence-corrected chi connectivity index (χ2v) is 12.5. The van der Waals surface area contributed by atoms with E-state index in [1.54, 1.807) is 25.4 Å². The maximum atomic E-state index is 14.8. The number of unbranched alkanes of at least 4 members (excludes halogenated alkanes) is 1. The number of aromatic nitrogens is 2.